The van der Waals surface area contributed by atoms with Crippen molar-refractivity contribution in [3.8, 4) is 0 Å². The topological polar surface area (TPSA) is 126 Å². The van der Waals surface area contributed by atoms with Gasteiger partial charge in [0.15, 0.2) is 6.29 Å². The highest BCUT2D eigenvalue weighted by molar-refractivity contribution is 5.93. The first-order valence-corrected chi connectivity index (χ1v) is 16.7. The molecule has 9 nitrogen and oxygen atoms in total. The molecule has 3 unspecified atom stereocenters. The van der Waals surface area contributed by atoms with Crippen LogP contribution in [0.2, 0.25) is 0 Å². The standard InChI is InChI=1S/C37H48N4O5/c38-32-13-6-7-14-33(32)40-36(44)16-5-2-1-4-15-35(43)39-30-12-10-11-29(23-30)37-45-31(25-41-21-8-3-9-22-41)24-34(46-37)28-19-17-27(26-42)18-20-28/h6-7,10-14,17-20,23,31,34,37,42H,1-5,8-9,15-16,21-22,24-26,38H2,(H,39,43)(H,40,44). The normalized spacial score (nSPS) is 20.2. The molecule has 9 heteroatoms. The number of aliphatic hydroxyl groups is 1. The number of carbonyl (C=O) groups excluding carboxylic acids is 2. The average molecular weight is 629 g/mol. The van der Waals surface area contributed by atoms with Gasteiger partial charge in [0.2, 0.25) is 11.8 Å². The fourth-order valence-electron chi connectivity index (χ4n) is 6.20. The molecule has 0 saturated carbocycles. The summed E-state index contributed by atoms with van der Waals surface area (Å²) in [5, 5.41) is 15.4. The van der Waals surface area contributed by atoms with Crippen LogP contribution >= 0.6 is 0 Å². The zero-order valence-corrected chi connectivity index (χ0v) is 26.7. The number of amides is 2. The summed E-state index contributed by atoms with van der Waals surface area (Å²) in [6.07, 6.45) is 7.91. The van der Waals surface area contributed by atoms with E-state index in [-0.39, 0.29) is 30.6 Å². The Bertz CT molecular complexity index is 1410. The van der Waals surface area contributed by atoms with Crippen LogP contribution in [0.25, 0.3) is 0 Å². The number of hydrogen-bond donors (Lipinski definition) is 4. The van der Waals surface area contributed by atoms with Crippen LogP contribution in [-0.2, 0) is 25.7 Å². The summed E-state index contributed by atoms with van der Waals surface area (Å²) in [6, 6.07) is 22.9. The van der Waals surface area contributed by atoms with E-state index in [1.165, 1.54) is 19.3 Å². The Morgan fingerprint density at radius 1 is 0.804 bits per heavy atom. The lowest BCUT2D eigenvalue weighted by Gasteiger charge is -2.39. The highest BCUT2D eigenvalue weighted by Gasteiger charge is 2.33. The first-order valence-electron chi connectivity index (χ1n) is 16.7. The van der Waals surface area contributed by atoms with Crippen molar-refractivity contribution < 1.29 is 24.2 Å². The summed E-state index contributed by atoms with van der Waals surface area (Å²) >= 11 is 0. The molecule has 3 aromatic rings. The van der Waals surface area contributed by atoms with E-state index in [0.29, 0.717) is 29.9 Å². The molecule has 46 heavy (non-hydrogen) atoms. The highest BCUT2D eigenvalue weighted by Crippen LogP contribution is 2.39. The number of rotatable bonds is 14. The summed E-state index contributed by atoms with van der Waals surface area (Å²) in [6.45, 7) is 3.08. The molecule has 0 aliphatic carbocycles. The molecule has 2 heterocycles. The van der Waals surface area contributed by atoms with Gasteiger partial charge in [-0.2, -0.15) is 0 Å². The maximum absolute atomic E-state index is 12.8. The minimum atomic E-state index is -0.557. The number of carbonyl (C=O) groups is 2. The van der Waals surface area contributed by atoms with Crippen LogP contribution < -0.4 is 16.4 Å². The van der Waals surface area contributed by atoms with Gasteiger partial charge >= 0.3 is 0 Å². The van der Waals surface area contributed by atoms with Crippen LogP contribution in [0.5, 0.6) is 0 Å². The quantitative estimate of drug-likeness (QED) is 0.115. The third-order valence-electron chi connectivity index (χ3n) is 8.76. The minimum Gasteiger partial charge on any atom is -0.397 e. The minimum absolute atomic E-state index is 0.0117. The number of nitrogens with two attached hydrogens (primary N) is 1. The smallest absolute Gasteiger partial charge is 0.224 e. The van der Waals surface area contributed by atoms with Gasteiger partial charge < -0.3 is 35.8 Å². The van der Waals surface area contributed by atoms with Crippen LogP contribution in [0.1, 0.15) is 93.3 Å². The van der Waals surface area contributed by atoms with Gasteiger partial charge in [-0.1, -0.05) is 67.8 Å². The summed E-state index contributed by atoms with van der Waals surface area (Å²) < 4.78 is 13.1. The number of aliphatic hydroxyl groups excluding tert-OH is 1. The van der Waals surface area contributed by atoms with Gasteiger partial charge in [0.25, 0.3) is 0 Å². The number of para-hydroxylation sites is 2. The number of anilines is 3. The van der Waals surface area contributed by atoms with Crippen LogP contribution in [0, 0.1) is 0 Å². The Kier molecular flexibility index (Phi) is 12.6. The Hall–Kier alpha value is -3.76. The second kappa shape index (κ2) is 17.2. The fourth-order valence-corrected chi connectivity index (χ4v) is 6.20. The van der Waals surface area contributed by atoms with E-state index in [4.69, 9.17) is 15.2 Å². The molecule has 3 aromatic carbocycles. The van der Waals surface area contributed by atoms with Gasteiger partial charge in [-0.25, -0.2) is 0 Å². The van der Waals surface area contributed by atoms with Gasteiger partial charge in [-0.05, 0) is 74.2 Å². The predicted octanol–water partition coefficient (Wildman–Crippen LogP) is 6.71. The van der Waals surface area contributed by atoms with Crippen LogP contribution in [-0.4, -0.2) is 47.6 Å². The largest absolute Gasteiger partial charge is 0.397 e. The first-order chi connectivity index (χ1) is 22.5. The maximum atomic E-state index is 12.8. The summed E-state index contributed by atoms with van der Waals surface area (Å²) in [7, 11) is 0. The third-order valence-corrected chi connectivity index (χ3v) is 8.76. The monoisotopic (exact) mass is 628 g/mol. The molecule has 0 aromatic heterocycles. The number of hydrogen-bond acceptors (Lipinski definition) is 7. The number of nitrogen functional groups attached to an aromatic ring is 1. The molecule has 246 valence electrons. The highest BCUT2D eigenvalue weighted by atomic mass is 16.7. The number of piperidine rings is 1. The van der Waals surface area contributed by atoms with Crippen molar-refractivity contribution in [1.29, 1.82) is 0 Å². The predicted molar refractivity (Wildman–Crippen MR) is 181 cm³/mol. The van der Waals surface area contributed by atoms with E-state index in [2.05, 4.69) is 15.5 Å². The van der Waals surface area contributed by atoms with Crippen molar-refractivity contribution in [1.82, 2.24) is 4.90 Å². The van der Waals surface area contributed by atoms with E-state index < -0.39 is 6.29 Å². The second-order valence-corrected chi connectivity index (χ2v) is 12.4. The van der Waals surface area contributed by atoms with Gasteiger partial charge in [-0.3, -0.25) is 9.59 Å². The van der Waals surface area contributed by atoms with Crippen molar-refractivity contribution in [2.45, 2.75) is 89.3 Å². The molecular weight excluding hydrogens is 580 g/mol. The van der Waals surface area contributed by atoms with E-state index in [9.17, 15) is 14.7 Å². The number of nitrogens with zero attached hydrogens (tertiary/aromatic N) is 1. The molecule has 2 fully saturated rings. The number of likely N-dealkylation sites (tertiary alicyclic amines) is 1. The molecule has 5 N–H and O–H groups in total. The lowest BCUT2D eigenvalue weighted by atomic mass is 9.99. The molecule has 2 amide bonds. The van der Waals surface area contributed by atoms with Crippen molar-refractivity contribution >= 4 is 28.9 Å². The van der Waals surface area contributed by atoms with Crippen LogP contribution in [0.3, 0.4) is 0 Å². The van der Waals surface area contributed by atoms with Crippen molar-refractivity contribution in [3.05, 3.63) is 89.5 Å². The van der Waals surface area contributed by atoms with Gasteiger partial charge in [0.1, 0.15) is 0 Å². The molecule has 3 atom stereocenters. The molecule has 0 spiro atoms. The molecule has 0 radical (unpaired) electrons. The van der Waals surface area contributed by atoms with Crippen LogP contribution in [0.4, 0.5) is 17.1 Å². The lowest BCUT2D eigenvalue weighted by molar-refractivity contribution is -0.253. The number of ether oxygens (including phenoxy) is 2. The second-order valence-electron chi connectivity index (χ2n) is 12.4. The van der Waals surface area contributed by atoms with Gasteiger partial charge in [0.05, 0.1) is 30.2 Å². The summed E-state index contributed by atoms with van der Waals surface area (Å²) in [4.78, 5) is 27.5. The summed E-state index contributed by atoms with van der Waals surface area (Å²) in [5.74, 6) is -0.0880. The molecule has 2 aliphatic heterocycles. The Labute approximate surface area is 272 Å². The molecule has 0 bridgehead atoms. The zero-order chi connectivity index (χ0) is 32.1. The van der Waals surface area contributed by atoms with Gasteiger partial charge in [0, 0.05) is 37.1 Å². The first kappa shape index (κ1) is 33.6. The molecule has 2 aliphatic rings. The zero-order valence-electron chi connectivity index (χ0n) is 26.7. The van der Waals surface area contributed by atoms with Crippen molar-refractivity contribution in [3.63, 3.8) is 0 Å². The summed E-state index contributed by atoms with van der Waals surface area (Å²) in [5.41, 5.74) is 10.6. The Morgan fingerprint density at radius 2 is 1.52 bits per heavy atom. The van der Waals surface area contributed by atoms with Crippen LogP contribution in [0.15, 0.2) is 72.8 Å². The van der Waals surface area contributed by atoms with Crippen molar-refractivity contribution in [2.24, 2.45) is 0 Å². The average Bonchev–Trinajstić information content (AvgIpc) is 3.08. The lowest BCUT2D eigenvalue weighted by Crippen LogP contribution is -2.41. The maximum Gasteiger partial charge on any atom is 0.224 e. The van der Waals surface area contributed by atoms with E-state index >= 15 is 0 Å². The van der Waals surface area contributed by atoms with E-state index in [1.54, 1.807) is 12.1 Å². The number of nitrogens with one attached hydrogen (secondary N) is 2. The van der Waals surface area contributed by atoms with E-state index in [1.807, 2.05) is 60.7 Å². The fraction of sp³-hybridized carbons (Fsp3) is 0.459. The molecular formula is C37H48N4O5. The van der Waals surface area contributed by atoms with Gasteiger partial charge in [-0.15, -0.1) is 0 Å². The number of benzene rings is 3. The third kappa shape index (κ3) is 10.1. The number of unbranched alkanes of at least 4 members (excludes halogenated alkanes) is 3. The SMILES string of the molecule is Nc1ccccc1NC(=O)CCCCCCC(=O)Nc1cccc(C2OC(CN3CCCCC3)CC(c3ccc(CO)cc3)O2)c1. The molecule has 5 rings (SSSR count). The Morgan fingerprint density at radius 3 is 2.24 bits per heavy atom. The van der Waals surface area contributed by atoms with E-state index in [0.717, 1.165) is 68.4 Å². The van der Waals surface area contributed by atoms with Crippen molar-refractivity contribution in [2.75, 3.05) is 36.0 Å². The molecule has 2 saturated heterocycles. The Balaban J connectivity index is 1.10.